The molecule has 1 amide bonds. The highest BCUT2D eigenvalue weighted by Gasteiger charge is 2.29. The van der Waals surface area contributed by atoms with Gasteiger partial charge in [-0.2, -0.15) is 0 Å². The maximum Gasteiger partial charge on any atom is 0.273 e. The van der Waals surface area contributed by atoms with Gasteiger partial charge in [0.2, 0.25) is 0 Å². The largest absolute Gasteiger partial charge is 0.495 e. The molecule has 1 aliphatic carbocycles. The summed E-state index contributed by atoms with van der Waals surface area (Å²) in [5.41, 5.74) is 2.12. The van der Waals surface area contributed by atoms with E-state index >= 15 is 0 Å². The van der Waals surface area contributed by atoms with Gasteiger partial charge < -0.3 is 10.1 Å². The second-order valence-corrected chi connectivity index (χ2v) is 12.3. The van der Waals surface area contributed by atoms with E-state index in [4.69, 9.17) is 16.3 Å². The zero-order valence-electron chi connectivity index (χ0n) is 20.7. The van der Waals surface area contributed by atoms with E-state index in [-0.39, 0.29) is 27.9 Å². The quantitative estimate of drug-likeness (QED) is 0.532. The minimum Gasteiger partial charge on any atom is -0.495 e. The molecule has 0 unspecified atom stereocenters. The minimum atomic E-state index is -3.00. The number of sulfone groups is 1. The van der Waals surface area contributed by atoms with E-state index in [0.717, 1.165) is 24.9 Å². The molecule has 0 saturated heterocycles. The Morgan fingerprint density at radius 1 is 1.26 bits per heavy atom. The third kappa shape index (κ3) is 6.13. The van der Waals surface area contributed by atoms with Crippen molar-refractivity contribution in [1.29, 1.82) is 0 Å². The molecule has 1 aromatic carbocycles. The molecule has 188 valence electrons. The van der Waals surface area contributed by atoms with Crippen LogP contribution >= 0.6 is 11.6 Å². The fourth-order valence-electron chi connectivity index (χ4n) is 4.66. The van der Waals surface area contributed by atoms with Crippen LogP contribution in [0.15, 0.2) is 18.2 Å². The Morgan fingerprint density at radius 3 is 2.50 bits per heavy atom. The van der Waals surface area contributed by atoms with Gasteiger partial charge in [0.1, 0.15) is 26.6 Å². The third-order valence-electron chi connectivity index (χ3n) is 6.50. The molecule has 0 bridgehead atoms. The molecule has 1 aliphatic rings. The lowest BCUT2D eigenvalue weighted by atomic mass is 9.89. The summed E-state index contributed by atoms with van der Waals surface area (Å²) in [5.74, 6) is 1.82. The summed E-state index contributed by atoms with van der Waals surface area (Å²) < 4.78 is 31.0. The number of carbonyl (C=O) groups excluding carboxylic acids is 1. The van der Waals surface area contributed by atoms with Crippen molar-refractivity contribution in [1.82, 2.24) is 14.9 Å². The standard InChI is InChI=1S/C25H36ClN3O4S/c1-6-22-28-23(25(30)27-15-17-7-10-19(11-8-17)34(5,31)32)24(26)29(22)20-12-9-18(13-16(2)3)14-21(20)33-4/h9,12,14,16-17,19H,6-8,10-11,13,15H2,1-5H3,(H,27,30). The van der Waals surface area contributed by atoms with Crippen LogP contribution in [0.1, 0.15) is 68.3 Å². The molecule has 1 saturated carbocycles. The van der Waals surface area contributed by atoms with Crippen molar-refractivity contribution >= 4 is 27.3 Å². The second-order valence-electron chi connectivity index (χ2n) is 9.64. The number of benzene rings is 1. The van der Waals surface area contributed by atoms with Crippen LogP contribution in [0.3, 0.4) is 0 Å². The lowest BCUT2D eigenvalue weighted by Crippen LogP contribution is -2.34. The Balaban J connectivity index is 1.77. The number of halogens is 1. The van der Waals surface area contributed by atoms with E-state index in [1.807, 2.05) is 19.1 Å². The van der Waals surface area contributed by atoms with Gasteiger partial charge in [0.15, 0.2) is 5.69 Å². The van der Waals surface area contributed by atoms with Gasteiger partial charge in [-0.05, 0) is 61.6 Å². The van der Waals surface area contributed by atoms with Crippen LogP contribution in [-0.4, -0.2) is 49.0 Å². The number of hydrogen-bond donors (Lipinski definition) is 1. The topological polar surface area (TPSA) is 90.3 Å². The van der Waals surface area contributed by atoms with Gasteiger partial charge in [0.25, 0.3) is 5.91 Å². The van der Waals surface area contributed by atoms with E-state index in [2.05, 4.69) is 30.2 Å². The lowest BCUT2D eigenvalue weighted by Gasteiger charge is -2.27. The number of imidazole rings is 1. The Labute approximate surface area is 208 Å². The van der Waals surface area contributed by atoms with Crippen molar-refractivity contribution in [2.75, 3.05) is 19.9 Å². The molecule has 9 heteroatoms. The summed E-state index contributed by atoms with van der Waals surface area (Å²) in [7, 11) is -1.38. The van der Waals surface area contributed by atoms with Gasteiger partial charge in [0.05, 0.1) is 18.0 Å². The zero-order valence-corrected chi connectivity index (χ0v) is 22.3. The first-order valence-corrected chi connectivity index (χ1v) is 14.3. The van der Waals surface area contributed by atoms with Crippen molar-refractivity contribution in [2.45, 2.75) is 64.5 Å². The molecule has 0 atom stereocenters. The molecular weight excluding hydrogens is 474 g/mol. The molecule has 0 radical (unpaired) electrons. The summed E-state index contributed by atoms with van der Waals surface area (Å²) in [6.07, 6.45) is 5.67. The molecule has 0 aliphatic heterocycles. The molecule has 34 heavy (non-hydrogen) atoms. The lowest BCUT2D eigenvalue weighted by molar-refractivity contribution is 0.0939. The number of ether oxygens (including phenoxy) is 1. The molecule has 7 nitrogen and oxygen atoms in total. The number of nitrogens with zero attached hydrogens (tertiary/aromatic N) is 2. The van der Waals surface area contributed by atoms with Crippen LogP contribution in [0.2, 0.25) is 5.15 Å². The highest BCUT2D eigenvalue weighted by molar-refractivity contribution is 7.91. The zero-order chi connectivity index (χ0) is 25.0. The van der Waals surface area contributed by atoms with Gasteiger partial charge in [-0.1, -0.05) is 38.4 Å². The number of rotatable bonds is 9. The van der Waals surface area contributed by atoms with E-state index in [1.165, 1.54) is 11.8 Å². The van der Waals surface area contributed by atoms with E-state index < -0.39 is 9.84 Å². The van der Waals surface area contributed by atoms with Crippen LogP contribution in [0.5, 0.6) is 5.75 Å². The number of aromatic nitrogens is 2. The summed E-state index contributed by atoms with van der Waals surface area (Å²) in [6, 6.07) is 6.03. The SMILES string of the molecule is CCc1nc(C(=O)NCC2CCC(S(C)(=O)=O)CC2)c(Cl)n1-c1ccc(CC(C)C)cc1OC. The molecule has 2 aromatic rings. The monoisotopic (exact) mass is 509 g/mol. The van der Waals surface area contributed by atoms with Crippen molar-refractivity contribution < 1.29 is 17.9 Å². The number of nitrogens with one attached hydrogen (secondary N) is 1. The van der Waals surface area contributed by atoms with Crippen LogP contribution in [0.4, 0.5) is 0 Å². The molecular formula is C25H36ClN3O4S. The Morgan fingerprint density at radius 2 is 1.94 bits per heavy atom. The van der Waals surface area contributed by atoms with Gasteiger partial charge in [0, 0.05) is 19.2 Å². The normalized spacial score (nSPS) is 18.8. The van der Waals surface area contributed by atoms with Crippen molar-refractivity contribution in [2.24, 2.45) is 11.8 Å². The average Bonchev–Trinajstić information content (AvgIpc) is 3.12. The Bertz CT molecular complexity index is 1120. The predicted octanol–water partition coefficient (Wildman–Crippen LogP) is 4.63. The van der Waals surface area contributed by atoms with E-state index in [1.54, 1.807) is 11.7 Å². The summed E-state index contributed by atoms with van der Waals surface area (Å²) in [6.45, 7) is 6.79. The molecule has 0 spiro atoms. The van der Waals surface area contributed by atoms with Gasteiger partial charge >= 0.3 is 0 Å². The van der Waals surface area contributed by atoms with Crippen molar-refractivity contribution in [3.8, 4) is 11.4 Å². The first-order valence-electron chi connectivity index (χ1n) is 12.0. The maximum atomic E-state index is 13.0. The predicted molar refractivity (Wildman–Crippen MR) is 136 cm³/mol. The Hall–Kier alpha value is -2.06. The van der Waals surface area contributed by atoms with Gasteiger partial charge in [-0.3, -0.25) is 9.36 Å². The second kappa shape index (κ2) is 11.1. The summed E-state index contributed by atoms with van der Waals surface area (Å²) >= 11 is 6.70. The molecule has 1 aromatic heterocycles. The summed E-state index contributed by atoms with van der Waals surface area (Å²) in [5, 5.41) is 2.95. The fourth-order valence-corrected chi connectivity index (χ4v) is 6.11. The maximum absolute atomic E-state index is 13.0. The van der Waals surface area contributed by atoms with E-state index in [0.29, 0.717) is 43.3 Å². The van der Waals surface area contributed by atoms with Crippen LogP contribution in [0.25, 0.3) is 5.69 Å². The first-order chi connectivity index (χ1) is 16.0. The van der Waals surface area contributed by atoms with Crippen LogP contribution in [0, 0.1) is 11.8 Å². The number of hydrogen-bond acceptors (Lipinski definition) is 5. The fraction of sp³-hybridized carbons (Fsp3) is 0.600. The smallest absolute Gasteiger partial charge is 0.273 e. The van der Waals surface area contributed by atoms with Crippen molar-refractivity contribution in [3.05, 3.63) is 40.4 Å². The van der Waals surface area contributed by atoms with Gasteiger partial charge in [-0.15, -0.1) is 0 Å². The third-order valence-corrected chi connectivity index (χ3v) is 8.53. The molecule has 1 heterocycles. The Kier molecular flexibility index (Phi) is 8.68. The molecule has 3 rings (SSSR count). The number of methoxy groups -OCH3 is 1. The van der Waals surface area contributed by atoms with Crippen LogP contribution < -0.4 is 10.1 Å². The van der Waals surface area contributed by atoms with Crippen molar-refractivity contribution in [3.63, 3.8) is 0 Å². The number of aryl methyl sites for hydroxylation is 1. The highest BCUT2D eigenvalue weighted by atomic mass is 35.5. The number of amides is 1. The summed E-state index contributed by atoms with van der Waals surface area (Å²) in [4.78, 5) is 17.5. The minimum absolute atomic E-state index is 0.191. The highest BCUT2D eigenvalue weighted by Crippen LogP contribution is 2.32. The van der Waals surface area contributed by atoms with Gasteiger partial charge in [-0.25, -0.2) is 13.4 Å². The first kappa shape index (κ1) is 26.5. The molecule has 1 N–H and O–H groups in total. The number of carbonyl (C=O) groups is 1. The average molecular weight is 510 g/mol. The van der Waals surface area contributed by atoms with Crippen LogP contribution in [-0.2, 0) is 22.7 Å². The van der Waals surface area contributed by atoms with E-state index in [9.17, 15) is 13.2 Å². The molecule has 1 fully saturated rings.